The van der Waals surface area contributed by atoms with Crippen LogP contribution in [-0.2, 0) is 14.8 Å². The molecule has 182 valence electrons. The number of carboxylic acids is 1. The van der Waals surface area contributed by atoms with Gasteiger partial charge in [-0.25, -0.2) is 8.42 Å². The summed E-state index contributed by atoms with van der Waals surface area (Å²) in [7, 11) is -3.86. The van der Waals surface area contributed by atoms with Crippen LogP contribution in [0.2, 0.25) is 0 Å². The van der Waals surface area contributed by atoms with Crippen molar-refractivity contribution in [1.29, 1.82) is 0 Å². The molecule has 0 radical (unpaired) electrons. The summed E-state index contributed by atoms with van der Waals surface area (Å²) in [5.74, 6) is -1.69. The van der Waals surface area contributed by atoms with Gasteiger partial charge in [0.15, 0.2) is 0 Å². The van der Waals surface area contributed by atoms with E-state index < -0.39 is 34.4 Å². The number of nitrogens with zero attached hydrogens (tertiary/aromatic N) is 2. The lowest BCUT2D eigenvalue weighted by Crippen LogP contribution is -2.58. The third-order valence-corrected chi connectivity index (χ3v) is 7.78. The number of carbonyl (C=O) groups is 1. The van der Waals surface area contributed by atoms with E-state index in [0.29, 0.717) is 25.2 Å². The molecule has 2 aliphatic rings. The summed E-state index contributed by atoms with van der Waals surface area (Å²) >= 11 is 0. The van der Waals surface area contributed by atoms with Crippen LogP contribution in [0.3, 0.4) is 0 Å². The highest BCUT2D eigenvalue weighted by Crippen LogP contribution is 2.34. The van der Waals surface area contributed by atoms with E-state index in [9.17, 15) is 26.4 Å². The standard InChI is InChI=1S/C22H27F3N2O5S/c1-14-8-17(11-21(28)29)10-20(9-14)33(30,31)27-15(2)12-26(13-16(27)3)18-4-6-19(7-5-18)32-22(23,24)25/h4-7,9-10,15-17H,8,11-13H2,1-3H3,(H,28,29)/t15-,16+,17?. The molecule has 1 fully saturated rings. The molecule has 1 unspecified atom stereocenters. The molecular weight excluding hydrogens is 461 g/mol. The Morgan fingerprint density at radius 2 is 1.73 bits per heavy atom. The SMILES string of the molecule is CC1=CC(S(=O)(=O)N2[C@H](C)CN(c3ccc(OC(F)(F)F)cc3)C[C@@H]2C)=CC(CC(=O)O)C1. The lowest BCUT2D eigenvalue weighted by Gasteiger charge is -2.44. The molecule has 0 amide bonds. The zero-order valence-electron chi connectivity index (χ0n) is 18.5. The number of sulfonamides is 1. The summed E-state index contributed by atoms with van der Waals surface area (Å²) in [5, 5.41) is 9.11. The van der Waals surface area contributed by atoms with E-state index in [-0.39, 0.29) is 23.0 Å². The van der Waals surface area contributed by atoms with Gasteiger partial charge in [0.1, 0.15) is 5.75 Å². The Morgan fingerprint density at radius 3 is 2.24 bits per heavy atom. The van der Waals surface area contributed by atoms with Crippen LogP contribution < -0.4 is 9.64 Å². The lowest BCUT2D eigenvalue weighted by atomic mass is 9.92. The van der Waals surface area contributed by atoms with Crippen molar-refractivity contribution in [3.63, 3.8) is 0 Å². The van der Waals surface area contributed by atoms with Crippen LogP contribution >= 0.6 is 0 Å². The molecule has 7 nitrogen and oxygen atoms in total. The fourth-order valence-corrected chi connectivity index (χ4v) is 6.58. The van der Waals surface area contributed by atoms with Gasteiger partial charge in [-0.2, -0.15) is 4.31 Å². The molecule has 0 bridgehead atoms. The molecule has 1 aromatic carbocycles. The van der Waals surface area contributed by atoms with E-state index in [2.05, 4.69) is 4.74 Å². The summed E-state index contributed by atoms with van der Waals surface area (Å²) in [6.07, 6.45) is -1.29. The van der Waals surface area contributed by atoms with Gasteiger partial charge in [0.2, 0.25) is 10.0 Å². The maximum atomic E-state index is 13.5. The Hall–Kier alpha value is -2.53. The first-order valence-corrected chi connectivity index (χ1v) is 12.0. The predicted octanol–water partition coefficient (Wildman–Crippen LogP) is 4.14. The maximum Gasteiger partial charge on any atom is 0.573 e. The largest absolute Gasteiger partial charge is 0.573 e. The second-order valence-corrected chi connectivity index (χ2v) is 10.4. The Labute approximate surface area is 191 Å². The van der Waals surface area contributed by atoms with E-state index in [1.807, 2.05) is 4.90 Å². The molecule has 1 heterocycles. The van der Waals surface area contributed by atoms with Crippen molar-refractivity contribution in [2.75, 3.05) is 18.0 Å². The van der Waals surface area contributed by atoms with Gasteiger partial charge in [-0.1, -0.05) is 11.6 Å². The minimum atomic E-state index is -4.77. The van der Waals surface area contributed by atoms with Gasteiger partial charge < -0.3 is 14.7 Å². The third kappa shape index (κ3) is 6.08. The molecule has 0 saturated carbocycles. The lowest BCUT2D eigenvalue weighted by molar-refractivity contribution is -0.274. The first-order valence-electron chi connectivity index (χ1n) is 10.5. The van der Waals surface area contributed by atoms with Crippen LogP contribution in [-0.4, -0.2) is 55.3 Å². The summed E-state index contributed by atoms with van der Waals surface area (Å²) in [6.45, 7) is 6.02. The first-order chi connectivity index (χ1) is 15.3. The minimum Gasteiger partial charge on any atom is -0.481 e. The molecule has 11 heteroatoms. The first kappa shape index (κ1) is 25.1. The number of carboxylic acid groups (broad SMARTS) is 1. The van der Waals surface area contributed by atoms with E-state index in [4.69, 9.17) is 5.11 Å². The number of aliphatic carboxylic acids is 1. The zero-order chi connectivity index (χ0) is 24.6. The third-order valence-electron chi connectivity index (χ3n) is 5.66. The smallest absolute Gasteiger partial charge is 0.481 e. The number of hydrogen-bond donors (Lipinski definition) is 1. The van der Waals surface area contributed by atoms with Crippen molar-refractivity contribution >= 4 is 21.7 Å². The van der Waals surface area contributed by atoms with E-state index in [0.717, 1.165) is 5.57 Å². The number of benzene rings is 1. The summed E-state index contributed by atoms with van der Waals surface area (Å²) < 4.78 is 69.5. The molecule has 1 aliphatic carbocycles. The van der Waals surface area contributed by atoms with Gasteiger partial charge in [-0.15, -0.1) is 13.2 Å². The Bertz CT molecular complexity index is 1040. The van der Waals surface area contributed by atoms with Crippen molar-refractivity contribution in [2.24, 2.45) is 5.92 Å². The average molecular weight is 489 g/mol. The van der Waals surface area contributed by atoms with Gasteiger partial charge >= 0.3 is 12.3 Å². The summed E-state index contributed by atoms with van der Waals surface area (Å²) in [6, 6.07) is 4.64. The molecule has 1 aromatic rings. The number of allylic oxidation sites excluding steroid dienone is 3. The number of rotatable bonds is 6. The molecule has 3 rings (SSSR count). The van der Waals surface area contributed by atoms with Gasteiger partial charge in [-0.05, 0) is 63.5 Å². The van der Waals surface area contributed by atoms with Crippen molar-refractivity contribution in [3.8, 4) is 5.75 Å². The zero-order valence-corrected chi connectivity index (χ0v) is 19.4. The van der Waals surface area contributed by atoms with Crippen LogP contribution in [0, 0.1) is 5.92 Å². The number of anilines is 1. The van der Waals surface area contributed by atoms with Crippen molar-refractivity contribution in [1.82, 2.24) is 4.31 Å². The molecule has 0 aromatic heterocycles. The van der Waals surface area contributed by atoms with Gasteiger partial charge in [0.25, 0.3) is 0 Å². The Kier molecular flexibility index (Phi) is 7.13. The van der Waals surface area contributed by atoms with Gasteiger partial charge in [-0.3, -0.25) is 4.79 Å². The van der Waals surface area contributed by atoms with E-state index in [1.165, 1.54) is 34.6 Å². The molecule has 1 saturated heterocycles. The van der Waals surface area contributed by atoms with E-state index >= 15 is 0 Å². The number of hydrogen-bond acceptors (Lipinski definition) is 5. The van der Waals surface area contributed by atoms with Crippen LogP contribution in [0.5, 0.6) is 5.75 Å². The van der Waals surface area contributed by atoms with Gasteiger partial charge in [0, 0.05) is 30.9 Å². The second-order valence-electron chi connectivity index (χ2n) is 8.60. The number of piperazine rings is 1. The predicted molar refractivity (Wildman–Crippen MR) is 117 cm³/mol. The molecule has 33 heavy (non-hydrogen) atoms. The molecule has 1 aliphatic heterocycles. The Balaban J connectivity index is 1.78. The molecule has 3 atom stereocenters. The van der Waals surface area contributed by atoms with Crippen molar-refractivity contribution in [2.45, 2.75) is 52.1 Å². The average Bonchev–Trinajstić information content (AvgIpc) is 2.65. The topological polar surface area (TPSA) is 87.2 Å². The Morgan fingerprint density at radius 1 is 1.15 bits per heavy atom. The monoisotopic (exact) mass is 488 g/mol. The quantitative estimate of drug-likeness (QED) is 0.648. The highest BCUT2D eigenvalue weighted by Gasteiger charge is 2.40. The molecule has 1 N–H and O–H groups in total. The minimum absolute atomic E-state index is 0.110. The summed E-state index contributed by atoms with van der Waals surface area (Å²) in [5.41, 5.74) is 1.47. The fourth-order valence-electron chi connectivity index (χ4n) is 4.54. The van der Waals surface area contributed by atoms with Gasteiger partial charge in [0.05, 0.1) is 11.3 Å². The van der Waals surface area contributed by atoms with Crippen LogP contribution in [0.4, 0.5) is 18.9 Å². The highest BCUT2D eigenvalue weighted by atomic mass is 32.2. The van der Waals surface area contributed by atoms with E-state index in [1.54, 1.807) is 26.8 Å². The second kappa shape index (κ2) is 9.38. The van der Waals surface area contributed by atoms with Crippen LogP contribution in [0.15, 0.2) is 46.9 Å². The molecular formula is C22H27F3N2O5S. The fraction of sp³-hybridized carbons (Fsp3) is 0.500. The number of ether oxygens (including phenoxy) is 1. The van der Waals surface area contributed by atoms with Crippen molar-refractivity contribution < 1.29 is 36.2 Å². The normalized spacial score (nSPS) is 24.8. The van der Waals surface area contributed by atoms with Crippen LogP contribution in [0.1, 0.15) is 33.6 Å². The maximum absolute atomic E-state index is 13.5. The highest BCUT2D eigenvalue weighted by molar-refractivity contribution is 7.93. The van der Waals surface area contributed by atoms with Crippen molar-refractivity contribution in [3.05, 3.63) is 46.9 Å². The molecule has 0 spiro atoms. The number of alkyl halides is 3. The number of halogens is 3. The summed E-state index contributed by atoms with van der Waals surface area (Å²) in [4.78, 5) is 13.1. The van der Waals surface area contributed by atoms with Crippen LogP contribution in [0.25, 0.3) is 0 Å².